The molecule has 3 N–H and O–H groups in total. The lowest BCUT2D eigenvalue weighted by molar-refractivity contribution is -0.119. The third kappa shape index (κ3) is 5.42. The predicted octanol–water partition coefficient (Wildman–Crippen LogP) is 2.63. The standard InChI is InChI=1S/C16H24N2O3S/c1-12(10-13-4-2-3-5-13)16(19)18-15-8-6-14(7-9-15)11-22(17,20)21/h6-9,12-13H,2-5,10-11H2,1H3,(H,18,19)(H2,17,20,21)/t12-/m0/s1. The largest absolute Gasteiger partial charge is 0.326 e. The molecule has 122 valence electrons. The van der Waals surface area contributed by atoms with E-state index in [-0.39, 0.29) is 17.6 Å². The molecular formula is C16H24N2O3S. The molecule has 22 heavy (non-hydrogen) atoms. The second-order valence-corrected chi connectivity index (χ2v) is 7.90. The minimum absolute atomic E-state index is 0.00723. The maximum Gasteiger partial charge on any atom is 0.227 e. The molecule has 0 saturated heterocycles. The van der Waals surface area contributed by atoms with Crippen molar-refractivity contribution in [2.75, 3.05) is 5.32 Å². The van der Waals surface area contributed by atoms with E-state index in [4.69, 9.17) is 5.14 Å². The Morgan fingerprint density at radius 2 is 1.86 bits per heavy atom. The zero-order valence-corrected chi connectivity index (χ0v) is 13.7. The minimum atomic E-state index is -3.53. The highest BCUT2D eigenvalue weighted by Gasteiger charge is 2.21. The number of primary sulfonamides is 1. The van der Waals surface area contributed by atoms with Crippen molar-refractivity contribution in [3.05, 3.63) is 29.8 Å². The lowest BCUT2D eigenvalue weighted by Crippen LogP contribution is -2.22. The number of nitrogens with one attached hydrogen (secondary N) is 1. The number of amides is 1. The van der Waals surface area contributed by atoms with Crippen LogP contribution in [0.2, 0.25) is 0 Å². The molecule has 0 aliphatic heterocycles. The van der Waals surface area contributed by atoms with Crippen LogP contribution >= 0.6 is 0 Å². The number of nitrogens with two attached hydrogens (primary N) is 1. The van der Waals surface area contributed by atoms with Gasteiger partial charge in [0.25, 0.3) is 0 Å². The summed E-state index contributed by atoms with van der Waals surface area (Å²) in [6.45, 7) is 1.96. The third-order valence-electron chi connectivity index (χ3n) is 4.20. The summed E-state index contributed by atoms with van der Waals surface area (Å²) in [5.41, 5.74) is 1.29. The number of rotatable bonds is 6. The molecule has 0 spiro atoms. The lowest BCUT2D eigenvalue weighted by Gasteiger charge is -2.16. The second kappa shape index (κ2) is 7.24. The van der Waals surface area contributed by atoms with Crippen molar-refractivity contribution < 1.29 is 13.2 Å². The van der Waals surface area contributed by atoms with E-state index < -0.39 is 10.0 Å². The van der Waals surface area contributed by atoms with Crippen molar-refractivity contribution in [2.45, 2.75) is 44.8 Å². The fourth-order valence-corrected chi connectivity index (χ4v) is 3.69. The Morgan fingerprint density at radius 1 is 1.27 bits per heavy atom. The van der Waals surface area contributed by atoms with Crippen molar-refractivity contribution in [3.63, 3.8) is 0 Å². The van der Waals surface area contributed by atoms with Gasteiger partial charge in [-0.2, -0.15) is 0 Å². The SMILES string of the molecule is C[C@@H](CC1CCCC1)C(=O)Nc1ccc(CS(N)(=O)=O)cc1. The van der Waals surface area contributed by atoms with Gasteiger partial charge < -0.3 is 5.32 Å². The number of hydrogen-bond donors (Lipinski definition) is 2. The van der Waals surface area contributed by atoms with Gasteiger partial charge in [-0.05, 0) is 30.0 Å². The molecule has 2 rings (SSSR count). The van der Waals surface area contributed by atoms with E-state index in [1.807, 2.05) is 6.92 Å². The molecule has 1 atom stereocenters. The average molecular weight is 324 g/mol. The molecular weight excluding hydrogens is 300 g/mol. The molecule has 6 heteroatoms. The maximum atomic E-state index is 12.2. The minimum Gasteiger partial charge on any atom is -0.326 e. The molecule has 0 aromatic heterocycles. The van der Waals surface area contributed by atoms with Crippen LogP contribution in [0.15, 0.2) is 24.3 Å². The van der Waals surface area contributed by atoms with Gasteiger partial charge in [-0.3, -0.25) is 4.79 Å². The fourth-order valence-electron chi connectivity index (χ4n) is 3.04. The maximum absolute atomic E-state index is 12.2. The third-order valence-corrected chi connectivity index (χ3v) is 4.93. The van der Waals surface area contributed by atoms with Gasteiger partial charge >= 0.3 is 0 Å². The van der Waals surface area contributed by atoms with E-state index >= 15 is 0 Å². The molecule has 1 aromatic carbocycles. The van der Waals surface area contributed by atoms with Gasteiger partial charge in [0.05, 0.1) is 5.75 Å². The van der Waals surface area contributed by atoms with Gasteiger partial charge in [0, 0.05) is 11.6 Å². The van der Waals surface area contributed by atoms with Crippen LogP contribution in [0.25, 0.3) is 0 Å². The summed E-state index contributed by atoms with van der Waals surface area (Å²) in [5, 5.41) is 7.89. The van der Waals surface area contributed by atoms with Crippen LogP contribution in [0, 0.1) is 11.8 Å². The molecule has 1 aliphatic carbocycles. The summed E-state index contributed by atoms with van der Waals surface area (Å²) < 4.78 is 22.1. The van der Waals surface area contributed by atoms with E-state index in [0.29, 0.717) is 17.2 Å². The molecule has 0 bridgehead atoms. The Bertz CT molecular complexity index is 605. The van der Waals surface area contributed by atoms with E-state index in [2.05, 4.69) is 5.32 Å². The molecule has 1 saturated carbocycles. The molecule has 1 aliphatic rings. The van der Waals surface area contributed by atoms with E-state index in [1.54, 1.807) is 24.3 Å². The predicted molar refractivity (Wildman–Crippen MR) is 87.6 cm³/mol. The van der Waals surface area contributed by atoms with Gasteiger partial charge in [0.1, 0.15) is 0 Å². The van der Waals surface area contributed by atoms with Gasteiger partial charge in [-0.25, -0.2) is 13.6 Å². The zero-order chi connectivity index (χ0) is 16.2. The van der Waals surface area contributed by atoms with Crippen molar-refractivity contribution in [1.29, 1.82) is 0 Å². The highest BCUT2D eigenvalue weighted by molar-refractivity contribution is 7.88. The topological polar surface area (TPSA) is 89.3 Å². The first-order chi connectivity index (χ1) is 10.3. The van der Waals surface area contributed by atoms with Crippen LogP contribution in [0.4, 0.5) is 5.69 Å². The Kier molecular flexibility index (Phi) is 5.58. The first-order valence-corrected chi connectivity index (χ1v) is 9.45. The highest BCUT2D eigenvalue weighted by Crippen LogP contribution is 2.30. The summed E-state index contributed by atoms with van der Waals surface area (Å²) in [4.78, 5) is 12.2. The summed E-state index contributed by atoms with van der Waals surface area (Å²) >= 11 is 0. The quantitative estimate of drug-likeness (QED) is 0.843. The Balaban J connectivity index is 1.88. The summed E-state index contributed by atoms with van der Waals surface area (Å²) in [6.07, 6.45) is 5.98. The molecule has 1 aromatic rings. The highest BCUT2D eigenvalue weighted by atomic mass is 32.2. The molecule has 0 unspecified atom stereocenters. The van der Waals surface area contributed by atoms with E-state index in [0.717, 1.165) is 6.42 Å². The van der Waals surface area contributed by atoms with E-state index in [9.17, 15) is 13.2 Å². The van der Waals surface area contributed by atoms with Crippen molar-refractivity contribution in [2.24, 2.45) is 17.0 Å². The van der Waals surface area contributed by atoms with Crippen LogP contribution in [-0.2, 0) is 20.6 Å². The monoisotopic (exact) mass is 324 g/mol. The van der Waals surface area contributed by atoms with Gasteiger partial charge in [-0.1, -0.05) is 44.7 Å². The molecule has 1 amide bonds. The number of benzene rings is 1. The van der Waals surface area contributed by atoms with Gasteiger partial charge in [-0.15, -0.1) is 0 Å². The van der Waals surface area contributed by atoms with Crippen LogP contribution in [0.5, 0.6) is 0 Å². The first kappa shape index (κ1) is 17.0. The summed E-state index contributed by atoms with van der Waals surface area (Å²) in [6, 6.07) is 6.75. The Morgan fingerprint density at radius 3 is 2.41 bits per heavy atom. The zero-order valence-electron chi connectivity index (χ0n) is 12.9. The fraction of sp³-hybridized carbons (Fsp3) is 0.562. The molecule has 0 radical (unpaired) electrons. The van der Waals surface area contributed by atoms with Crippen LogP contribution in [0.1, 0.15) is 44.6 Å². The number of carbonyl (C=O) groups is 1. The van der Waals surface area contributed by atoms with Crippen LogP contribution in [-0.4, -0.2) is 14.3 Å². The van der Waals surface area contributed by atoms with Gasteiger partial charge in [0.2, 0.25) is 15.9 Å². The average Bonchev–Trinajstić information content (AvgIpc) is 2.92. The van der Waals surface area contributed by atoms with Crippen molar-refractivity contribution in [3.8, 4) is 0 Å². The number of anilines is 1. The van der Waals surface area contributed by atoms with Crippen molar-refractivity contribution in [1.82, 2.24) is 0 Å². The summed E-state index contributed by atoms with van der Waals surface area (Å²) in [7, 11) is -3.53. The van der Waals surface area contributed by atoms with Crippen LogP contribution in [0.3, 0.4) is 0 Å². The number of sulfonamides is 1. The number of hydrogen-bond acceptors (Lipinski definition) is 3. The van der Waals surface area contributed by atoms with E-state index in [1.165, 1.54) is 25.7 Å². The van der Waals surface area contributed by atoms with Gasteiger partial charge in [0.15, 0.2) is 0 Å². The molecule has 5 nitrogen and oxygen atoms in total. The second-order valence-electron chi connectivity index (χ2n) is 6.28. The number of carbonyl (C=O) groups excluding carboxylic acids is 1. The first-order valence-electron chi connectivity index (χ1n) is 7.74. The smallest absolute Gasteiger partial charge is 0.227 e. The van der Waals surface area contributed by atoms with Crippen molar-refractivity contribution >= 4 is 21.6 Å². The van der Waals surface area contributed by atoms with Crippen LogP contribution < -0.4 is 10.5 Å². The Hall–Kier alpha value is -1.40. The Labute approximate surface area is 132 Å². The molecule has 0 heterocycles. The summed E-state index contributed by atoms with van der Waals surface area (Å²) in [5.74, 6) is 0.496. The lowest BCUT2D eigenvalue weighted by atomic mass is 9.94. The molecule has 1 fully saturated rings. The normalized spacial score (nSPS) is 17.4.